The van der Waals surface area contributed by atoms with E-state index >= 15 is 0 Å². The topological polar surface area (TPSA) is 79.5 Å². The highest BCUT2D eigenvalue weighted by atomic mass is 32.2. The van der Waals surface area contributed by atoms with Crippen LogP contribution in [0.3, 0.4) is 0 Å². The quantitative estimate of drug-likeness (QED) is 0.824. The molecule has 3 rings (SSSR count). The second-order valence-electron chi connectivity index (χ2n) is 5.81. The molecule has 2 aromatic rings. The van der Waals surface area contributed by atoms with Crippen molar-refractivity contribution in [2.24, 2.45) is 0 Å². The summed E-state index contributed by atoms with van der Waals surface area (Å²) >= 11 is 0. The number of benzene rings is 1. The van der Waals surface area contributed by atoms with Crippen LogP contribution in [0.1, 0.15) is 12.3 Å². The summed E-state index contributed by atoms with van der Waals surface area (Å²) in [5.74, 6) is 0.558. The maximum Gasteiger partial charge on any atom is 0.241 e. The molecule has 130 valence electrons. The molecule has 1 fully saturated rings. The van der Waals surface area contributed by atoms with Crippen molar-refractivity contribution in [2.45, 2.75) is 13.0 Å². The molecule has 0 aliphatic carbocycles. The molecule has 0 N–H and O–H groups in total. The fourth-order valence-corrected chi connectivity index (χ4v) is 3.54. The largest absolute Gasteiger partial charge is 0.338 e. The first-order valence-corrected chi connectivity index (χ1v) is 9.53. The maximum atomic E-state index is 13.0. The molecule has 0 spiro atoms. The third-order valence-corrected chi connectivity index (χ3v) is 5.25. The fraction of sp³-hybridized carbons (Fsp3) is 0.467. The molecule has 0 atom stereocenters. The molecule has 0 saturated carbocycles. The lowest BCUT2D eigenvalue weighted by Gasteiger charge is -2.18. The summed E-state index contributed by atoms with van der Waals surface area (Å²) in [6, 6.07) is 5.89. The van der Waals surface area contributed by atoms with Crippen molar-refractivity contribution in [3.05, 3.63) is 36.0 Å². The van der Waals surface area contributed by atoms with Crippen molar-refractivity contribution in [1.29, 1.82) is 0 Å². The Morgan fingerprint density at radius 3 is 2.62 bits per heavy atom. The van der Waals surface area contributed by atoms with Crippen LogP contribution in [0.25, 0.3) is 11.4 Å². The lowest BCUT2D eigenvalue weighted by Crippen LogP contribution is -2.34. The summed E-state index contributed by atoms with van der Waals surface area (Å²) in [5, 5.41) is 3.92. The van der Waals surface area contributed by atoms with Crippen LogP contribution in [0.4, 0.5) is 4.39 Å². The van der Waals surface area contributed by atoms with E-state index in [1.54, 1.807) is 12.1 Å². The van der Waals surface area contributed by atoms with Gasteiger partial charge in [-0.2, -0.15) is 4.98 Å². The predicted molar refractivity (Wildman–Crippen MR) is 86.0 cm³/mol. The van der Waals surface area contributed by atoms with Crippen LogP contribution < -0.4 is 0 Å². The van der Waals surface area contributed by atoms with Crippen LogP contribution in [0.2, 0.25) is 0 Å². The number of halogens is 1. The summed E-state index contributed by atoms with van der Waals surface area (Å²) in [6.07, 6.45) is 1.99. The molecule has 1 aliphatic heterocycles. The molecule has 0 unspecified atom stereocenters. The van der Waals surface area contributed by atoms with Crippen molar-refractivity contribution in [3.63, 3.8) is 0 Å². The second kappa shape index (κ2) is 6.96. The third-order valence-electron chi connectivity index (χ3n) is 3.95. The smallest absolute Gasteiger partial charge is 0.241 e. The van der Waals surface area contributed by atoms with E-state index in [4.69, 9.17) is 4.52 Å². The van der Waals surface area contributed by atoms with Gasteiger partial charge < -0.3 is 4.52 Å². The third kappa shape index (κ3) is 4.16. The Morgan fingerprint density at radius 1 is 1.17 bits per heavy atom. The summed E-state index contributed by atoms with van der Waals surface area (Å²) in [6.45, 7) is 2.82. The van der Waals surface area contributed by atoms with E-state index in [2.05, 4.69) is 15.0 Å². The molecule has 0 radical (unpaired) electrons. The fourth-order valence-electron chi connectivity index (χ4n) is 2.66. The average molecular weight is 354 g/mol. The van der Waals surface area contributed by atoms with Crippen LogP contribution in [-0.2, 0) is 16.6 Å². The highest BCUT2D eigenvalue weighted by Gasteiger charge is 2.22. The molecule has 24 heavy (non-hydrogen) atoms. The molecule has 1 saturated heterocycles. The number of aromatic nitrogens is 2. The maximum absolute atomic E-state index is 13.0. The molecule has 0 amide bonds. The summed E-state index contributed by atoms with van der Waals surface area (Å²) in [7, 11) is -3.16. The molecule has 2 heterocycles. The van der Waals surface area contributed by atoms with Gasteiger partial charge in [0.2, 0.25) is 21.7 Å². The predicted octanol–water partition coefficient (Wildman–Crippen LogP) is 1.34. The monoisotopic (exact) mass is 354 g/mol. The Hall–Kier alpha value is -1.84. The van der Waals surface area contributed by atoms with Crippen LogP contribution in [0.15, 0.2) is 28.8 Å². The normalized spacial score (nSPS) is 17.8. The highest BCUT2D eigenvalue weighted by molar-refractivity contribution is 7.88. The number of hydrogen-bond donors (Lipinski definition) is 0. The zero-order valence-electron chi connectivity index (χ0n) is 13.4. The van der Waals surface area contributed by atoms with E-state index in [1.807, 2.05) is 0 Å². The molecular weight excluding hydrogens is 335 g/mol. The van der Waals surface area contributed by atoms with E-state index in [0.29, 0.717) is 43.5 Å². The van der Waals surface area contributed by atoms with Gasteiger partial charge in [-0.3, -0.25) is 4.90 Å². The first kappa shape index (κ1) is 17.0. The van der Waals surface area contributed by atoms with E-state index in [0.717, 1.165) is 13.0 Å². The van der Waals surface area contributed by atoms with E-state index in [9.17, 15) is 12.8 Å². The van der Waals surface area contributed by atoms with Crippen molar-refractivity contribution >= 4 is 10.0 Å². The minimum absolute atomic E-state index is 0.317. The molecule has 7 nitrogen and oxygen atoms in total. The highest BCUT2D eigenvalue weighted by Crippen LogP contribution is 2.17. The Morgan fingerprint density at radius 2 is 1.92 bits per heavy atom. The Kier molecular flexibility index (Phi) is 4.93. The Bertz CT molecular complexity index is 791. The summed E-state index contributed by atoms with van der Waals surface area (Å²) < 4.78 is 43.0. The minimum Gasteiger partial charge on any atom is -0.338 e. The second-order valence-corrected chi connectivity index (χ2v) is 7.79. The van der Waals surface area contributed by atoms with Gasteiger partial charge in [-0.1, -0.05) is 5.16 Å². The lowest BCUT2D eigenvalue weighted by atomic mass is 10.2. The van der Waals surface area contributed by atoms with Crippen molar-refractivity contribution in [2.75, 3.05) is 32.4 Å². The lowest BCUT2D eigenvalue weighted by molar-refractivity contribution is 0.236. The van der Waals surface area contributed by atoms with Crippen LogP contribution in [0.5, 0.6) is 0 Å². The number of nitrogens with zero attached hydrogens (tertiary/aromatic N) is 4. The molecule has 0 bridgehead atoms. The standard InChI is InChI=1S/C15H19FN4O3S/c1-24(21,22)20-8-2-7-19(9-10-20)11-14-17-15(18-23-14)12-3-5-13(16)6-4-12/h3-6H,2,7-11H2,1H3. The van der Waals surface area contributed by atoms with Crippen molar-refractivity contribution in [1.82, 2.24) is 19.3 Å². The zero-order valence-corrected chi connectivity index (χ0v) is 14.2. The molecular formula is C15H19FN4O3S. The van der Waals surface area contributed by atoms with Gasteiger partial charge in [0.15, 0.2) is 0 Å². The van der Waals surface area contributed by atoms with E-state index < -0.39 is 10.0 Å². The van der Waals surface area contributed by atoms with Gasteiger partial charge in [0.25, 0.3) is 0 Å². The number of sulfonamides is 1. The van der Waals surface area contributed by atoms with Gasteiger partial charge in [0, 0.05) is 25.2 Å². The van der Waals surface area contributed by atoms with Crippen LogP contribution in [0, 0.1) is 5.82 Å². The van der Waals surface area contributed by atoms with E-state index in [1.165, 1.54) is 22.7 Å². The zero-order chi connectivity index (χ0) is 17.2. The van der Waals surface area contributed by atoms with Gasteiger partial charge >= 0.3 is 0 Å². The first-order valence-electron chi connectivity index (χ1n) is 7.68. The summed E-state index contributed by atoms with van der Waals surface area (Å²) in [5.41, 5.74) is 0.686. The van der Waals surface area contributed by atoms with Gasteiger partial charge in [-0.25, -0.2) is 17.1 Å². The van der Waals surface area contributed by atoms with Gasteiger partial charge in [-0.05, 0) is 37.2 Å². The summed E-state index contributed by atoms with van der Waals surface area (Å²) in [4.78, 5) is 6.42. The average Bonchev–Trinajstić information content (AvgIpc) is 2.84. The van der Waals surface area contributed by atoms with Gasteiger partial charge in [0.05, 0.1) is 12.8 Å². The van der Waals surface area contributed by atoms with Gasteiger partial charge in [0.1, 0.15) is 5.82 Å². The first-order chi connectivity index (χ1) is 11.4. The van der Waals surface area contributed by atoms with Crippen LogP contribution in [-0.4, -0.2) is 60.2 Å². The SMILES string of the molecule is CS(=O)(=O)N1CCCN(Cc2nc(-c3ccc(F)cc3)no2)CC1. The minimum atomic E-state index is -3.16. The molecule has 1 aromatic heterocycles. The number of hydrogen-bond acceptors (Lipinski definition) is 6. The Labute approximate surface area is 140 Å². The molecule has 9 heteroatoms. The Balaban J connectivity index is 1.63. The van der Waals surface area contributed by atoms with Gasteiger partial charge in [-0.15, -0.1) is 0 Å². The van der Waals surface area contributed by atoms with Crippen LogP contribution >= 0.6 is 0 Å². The molecule has 1 aliphatic rings. The molecule has 1 aromatic carbocycles. The number of rotatable bonds is 4. The van der Waals surface area contributed by atoms with E-state index in [-0.39, 0.29) is 5.82 Å². The van der Waals surface area contributed by atoms with Crippen molar-refractivity contribution < 1.29 is 17.3 Å². The van der Waals surface area contributed by atoms with Crippen molar-refractivity contribution in [3.8, 4) is 11.4 Å².